The van der Waals surface area contributed by atoms with Gasteiger partial charge in [-0.05, 0) is 24.1 Å². The molecule has 0 spiro atoms. The Labute approximate surface area is 111 Å². The molecule has 0 aliphatic carbocycles. The van der Waals surface area contributed by atoms with Gasteiger partial charge in [-0.3, -0.25) is 4.79 Å². The summed E-state index contributed by atoms with van der Waals surface area (Å²) in [4.78, 5) is 15.4. The van der Waals surface area contributed by atoms with Gasteiger partial charge in [-0.2, -0.15) is 0 Å². The maximum Gasteiger partial charge on any atom is 0.152 e. The number of benzene rings is 1. The summed E-state index contributed by atoms with van der Waals surface area (Å²) in [5.41, 5.74) is 2.87. The maximum absolute atomic E-state index is 11.1. The highest BCUT2D eigenvalue weighted by Gasteiger charge is 2.08. The molecule has 0 saturated carbocycles. The van der Waals surface area contributed by atoms with Crippen LogP contribution in [-0.2, 0) is 13.0 Å². The van der Waals surface area contributed by atoms with Gasteiger partial charge < -0.3 is 4.57 Å². The van der Waals surface area contributed by atoms with Crippen molar-refractivity contribution >= 4 is 17.3 Å². The summed E-state index contributed by atoms with van der Waals surface area (Å²) in [6.45, 7) is 0.825. The molecule has 1 aromatic carbocycles. The molecule has 3 rings (SSSR count). The lowest BCUT2D eigenvalue weighted by atomic mass is 10.1. The minimum atomic E-state index is 0.705. The van der Waals surface area contributed by atoms with Gasteiger partial charge in [0.15, 0.2) is 6.29 Å². The molecule has 3 nitrogen and oxygen atoms in total. The minimum Gasteiger partial charge on any atom is -0.331 e. The Bertz CT molecular complexity index is 701. The normalized spacial score (nSPS) is 10.7. The van der Waals surface area contributed by atoms with E-state index >= 15 is 0 Å². The SMILES string of the molecule is O=Cc1cn(CCc2ccccc2)c2ncccc12. The van der Waals surface area contributed by atoms with Crippen molar-refractivity contribution in [3.63, 3.8) is 0 Å². The van der Waals surface area contributed by atoms with Gasteiger partial charge in [0.25, 0.3) is 0 Å². The molecule has 2 aromatic heterocycles. The number of aryl methyl sites for hydroxylation is 2. The molecule has 0 bridgehead atoms. The van der Waals surface area contributed by atoms with Gasteiger partial charge in [-0.25, -0.2) is 4.98 Å². The lowest BCUT2D eigenvalue weighted by molar-refractivity contribution is 0.112. The summed E-state index contributed by atoms with van der Waals surface area (Å²) in [5.74, 6) is 0. The van der Waals surface area contributed by atoms with E-state index in [0.29, 0.717) is 5.56 Å². The summed E-state index contributed by atoms with van der Waals surface area (Å²) in [6.07, 6.45) is 5.46. The first-order chi connectivity index (χ1) is 9.38. The van der Waals surface area contributed by atoms with Crippen LogP contribution in [0.4, 0.5) is 0 Å². The van der Waals surface area contributed by atoms with E-state index in [1.54, 1.807) is 6.20 Å². The monoisotopic (exact) mass is 250 g/mol. The van der Waals surface area contributed by atoms with Crippen molar-refractivity contribution in [3.8, 4) is 0 Å². The van der Waals surface area contributed by atoms with Crippen LogP contribution in [0, 0.1) is 0 Å². The Hall–Kier alpha value is -2.42. The van der Waals surface area contributed by atoms with Gasteiger partial charge >= 0.3 is 0 Å². The van der Waals surface area contributed by atoms with Crippen LogP contribution in [0.2, 0.25) is 0 Å². The van der Waals surface area contributed by atoms with Gasteiger partial charge in [0.1, 0.15) is 5.65 Å². The second-order valence-corrected chi connectivity index (χ2v) is 4.51. The molecule has 0 N–H and O–H groups in total. The molecule has 3 heteroatoms. The van der Waals surface area contributed by atoms with Crippen molar-refractivity contribution < 1.29 is 4.79 Å². The van der Waals surface area contributed by atoms with E-state index in [2.05, 4.69) is 17.1 Å². The van der Waals surface area contributed by atoms with Crippen LogP contribution in [0.15, 0.2) is 54.9 Å². The second kappa shape index (κ2) is 5.06. The topological polar surface area (TPSA) is 34.9 Å². The molecule has 19 heavy (non-hydrogen) atoms. The van der Waals surface area contributed by atoms with Crippen LogP contribution in [-0.4, -0.2) is 15.8 Å². The number of carbonyl (C=O) groups excluding carboxylic acids is 1. The maximum atomic E-state index is 11.1. The van der Waals surface area contributed by atoms with E-state index < -0.39 is 0 Å². The number of rotatable bonds is 4. The number of carbonyl (C=O) groups is 1. The Balaban J connectivity index is 1.91. The Kier molecular flexibility index (Phi) is 3.11. The van der Waals surface area contributed by atoms with Crippen LogP contribution in [0.3, 0.4) is 0 Å². The molecule has 0 saturated heterocycles. The third kappa shape index (κ3) is 2.27. The van der Waals surface area contributed by atoms with E-state index in [9.17, 15) is 4.79 Å². The lowest BCUT2D eigenvalue weighted by Crippen LogP contribution is -2.00. The summed E-state index contributed by atoms with van der Waals surface area (Å²) in [6, 6.07) is 14.1. The number of fused-ring (bicyclic) bond motifs is 1. The van der Waals surface area contributed by atoms with Gasteiger partial charge in [0.05, 0.1) is 0 Å². The van der Waals surface area contributed by atoms with Crippen molar-refractivity contribution in [2.45, 2.75) is 13.0 Å². The van der Waals surface area contributed by atoms with Gasteiger partial charge in [0, 0.05) is 29.9 Å². The molecule has 3 aromatic rings. The van der Waals surface area contributed by atoms with E-state index in [1.165, 1.54) is 5.56 Å². The zero-order valence-electron chi connectivity index (χ0n) is 10.5. The zero-order chi connectivity index (χ0) is 13.1. The minimum absolute atomic E-state index is 0.705. The molecule has 2 heterocycles. The predicted molar refractivity (Wildman–Crippen MR) is 75.3 cm³/mol. The van der Waals surface area contributed by atoms with E-state index in [-0.39, 0.29) is 0 Å². The summed E-state index contributed by atoms with van der Waals surface area (Å²) >= 11 is 0. The molecule has 0 aliphatic heterocycles. The third-order valence-corrected chi connectivity index (χ3v) is 3.28. The average molecular weight is 250 g/mol. The fraction of sp³-hybridized carbons (Fsp3) is 0.125. The Morgan fingerprint density at radius 2 is 1.95 bits per heavy atom. The number of hydrogen-bond acceptors (Lipinski definition) is 2. The number of hydrogen-bond donors (Lipinski definition) is 0. The average Bonchev–Trinajstić information content (AvgIpc) is 2.84. The van der Waals surface area contributed by atoms with Crippen LogP contribution >= 0.6 is 0 Å². The molecule has 0 aliphatic rings. The first-order valence-electron chi connectivity index (χ1n) is 6.31. The van der Waals surface area contributed by atoms with Gasteiger partial charge in [-0.1, -0.05) is 30.3 Å². The molecule has 0 unspecified atom stereocenters. The van der Waals surface area contributed by atoms with Gasteiger partial charge in [-0.15, -0.1) is 0 Å². The van der Waals surface area contributed by atoms with Crippen molar-refractivity contribution in [2.24, 2.45) is 0 Å². The first kappa shape index (κ1) is 11.7. The fourth-order valence-electron chi connectivity index (χ4n) is 2.31. The number of pyridine rings is 1. The van der Waals surface area contributed by atoms with Crippen LogP contribution < -0.4 is 0 Å². The van der Waals surface area contributed by atoms with E-state index in [4.69, 9.17) is 0 Å². The highest BCUT2D eigenvalue weighted by atomic mass is 16.1. The number of nitrogens with zero attached hydrogens (tertiary/aromatic N) is 2. The fourth-order valence-corrected chi connectivity index (χ4v) is 2.31. The predicted octanol–water partition coefficient (Wildman–Crippen LogP) is 3.09. The molecule has 0 fully saturated rings. The van der Waals surface area contributed by atoms with E-state index in [0.717, 1.165) is 30.3 Å². The Morgan fingerprint density at radius 1 is 1.11 bits per heavy atom. The number of aromatic nitrogens is 2. The molecule has 94 valence electrons. The summed E-state index contributed by atoms with van der Waals surface area (Å²) < 4.78 is 2.05. The Morgan fingerprint density at radius 3 is 2.74 bits per heavy atom. The molecule has 0 amide bonds. The number of aldehydes is 1. The molecular formula is C16H14N2O. The third-order valence-electron chi connectivity index (χ3n) is 3.28. The van der Waals surface area contributed by atoms with Crippen molar-refractivity contribution in [2.75, 3.05) is 0 Å². The largest absolute Gasteiger partial charge is 0.331 e. The van der Waals surface area contributed by atoms with Crippen LogP contribution in [0.25, 0.3) is 11.0 Å². The summed E-state index contributed by atoms with van der Waals surface area (Å²) in [5, 5.41) is 0.922. The lowest BCUT2D eigenvalue weighted by Gasteiger charge is -2.04. The second-order valence-electron chi connectivity index (χ2n) is 4.51. The first-order valence-corrected chi connectivity index (χ1v) is 6.31. The molecular weight excluding hydrogens is 236 g/mol. The zero-order valence-corrected chi connectivity index (χ0v) is 10.5. The van der Waals surface area contributed by atoms with E-state index in [1.807, 2.05) is 41.1 Å². The van der Waals surface area contributed by atoms with Crippen LogP contribution in [0.5, 0.6) is 0 Å². The van der Waals surface area contributed by atoms with Crippen molar-refractivity contribution in [1.29, 1.82) is 0 Å². The van der Waals surface area contributed by atoms with Crippen molar-refractivity contribution in [1.82, 2.24) is 9.55 Å². The molecule has 0 atom stereocenters. The smallest absolute Gasteiger partial charge is 0.152 e. The van der Waals surface area contributed by atoms with Crippen molar-refractivity contribution in [3.05, 3.63) is 66.0 Å². The highest BCUT2D eigenvalue weighted by Crippen LogP contribution is 2.18. The summed E-state index contributed by atoms with van der Waals surface area (Å²) in [7, 11) is 0. The molecule has 0 radical (unpaired) electrons. The quantitative estimate of drug-likeness (QED) is 0.667. The standard InChI is InChI=1S/C16H14N2O/c19-12-14-11-18(16-15(14)7-4-9-17-16)10-8-13-5-2-1-3-6-13/h1-7,9,11-12H,8,10H2. The van der Waals surface area contributed by atoms with Gasteiger partial charge in [0.2, 0.25) is 0 Å². The van der Waals surface area contributed by atoms with Crippen LogP contribution in [0.1, 0.15) is 15.9 Å². The highest BCUT2D eigenvalue weighted by molar-refractivity contribution is 5.95.